The van der Waals surface area contributed by atoms with Gasteiger partial charge in [0, 0.05) is 39.3 Å². The number of rotatable bonds is 4. The maximum Gasteiger partial charge on any atom is 0.0572 e. The molecular weight excluding hydrogens is 142 g/mol. The van der Waals surface area contributed by atoms with Gasteiger partial charge in [-0.15, -0.1) is 0 Å². The molecule has 0 unspecified atom stereocenters. The second kappa shape index (κ2) is 5.49. The third kappa shape index (κ3) is 3.67. The second-order valence-electron chi connectivity index (χ2n) is 2.69. The molecule has 0 bridgehead atoms. The summed E-state index contributed by atoms with van der Waals surface area (Å²) < 4.78 is 0. The van der Waals surface area contributed by atoms with Crippen LogP contribution in [0.2, 0.25) is 0 Å². The zero-order valence-corrected chi connectivity index (χ0v) is 7.10. The Morgan fingerprint density at radius 1 is 1.45 bits per heavy atom. The molecule has 66 valence electrons. The first-order chi connectivity index (χ1) is 5.43. The molecule has 0 aromatic heterocycles. The van der Waals surface area contributed by atoms with Crippen molar-refractivity contribution in [3.63, 3.8) is 0 Å². The van der Waals surface area contributed by atoms with Crippen LogP contribution in [-0.2, 0) is 4.84 Å². The van der Waals surface area contributed by atoms with Crippen molar-refractivity contribution in [3.8, 4) is 0 Å². The van der Waals surface area contributed by atoms with Gasteiger partial charge in [-0.1, -0.05) is 0 Å². The van der Waals surface area contributed by atoms with E-state index in [4.69, 9.17) is 4.84 Å². The van der Waals surface area contributed by atoms with Gasteiger partial charge in [0.25, 0.3) is 0 Å². The lowest BCUT2D eigenvalue weighted by molar-refractivity contribution is 0.0808. The molecule has 0 aromatic rings. The third-order valence-corrected chi connectivity index (χ3v) is 1.88. The van der Waals surface area contributed by atoms with Gasteiger partial charge in [-0.25, -0.2) is 5.48 Å². The molecular formula is C7H17N3O. The molecule has 1 saturated heterocycles. The van der Waals surface area contributed by atoms with Crippen LogP contribution in [0.1, 0.15) is 0 Å². The molecule has 1 heterocycles. The van der Waals surface area contributed by atoms with Crippen molar-refractivity contribution in [1.82, 2.24) is 15.7 Å². The fourth-order valence-electron chi connectivity index (χ4n) is 1.24. The largest absolute Gasteiger partial charge is 0.314 e. The Morgan fingerprint density at radius 3 is 2.82 bits per heavy atom. The quantitative estimate of drug-likeness (QED) is 0.409. The van der Waals surface area contributed by atoms with E-state index < -0.39 is 0 Å². The first-order valence-corrected chi connectivity index (χ1v) is 4.12. The summed E-state index contributed by atoms with van der Waals surface area (Å²) in [7, 11) is 1.65. The Bertz CT molecular complexity index is 93.7. The highest BCUT2D eigenvalue weighted by molar-refractivity contribution is 4.67. The van der Waals surface area contributed by atoms with E-state index in [9.17, 15) is 0 Å². The predicted molar refractivity (Wildman–Crippen MR) is 44.3 cm³/mol. The maximum absolute atomic E-state index is 4.74. The topological polar surface area (TPSA) is 36.5 Å². The summed E-state index contributed by atoms with van der Waals surface area (Å²) >= 11 is 0. The van der Waals surface area contributed by atoms with Crippen LogP contribution in [0.5, 0.6) is 0 Å². The molecule has 1 aliphatic heterocycles. The fraction of sp³-hybridized carbons (Fsp3) is 1.00. The Hall–Kier alpha value is -0.160. The molecule has 1 rings (SSSR count). The Kier molecular flexibility index (Phi) is 4.45. The molecule has 1 aliphatic rings. The average molecular weight is 159 g/mol. The standard InChI is InChI=1S/C7H17N3O/c1-11-9-4-7-10-5-2-8-3-6-10/h8-9H,2-7H2,1H3. The zero-order valence-electron chi connectivity index (χ0n) is 7.10. The van der Waals surface area contributed by atoms with Gasteiger partial charge in [0.2, 0.25) is 0 Å². The minimum Gasteiger partial charge on any atom is -0.314 e. The summed E-state index contributed by atoms with van der Waals surface area (Å²) in [5.41, 5.74) is 2.83. The van der Waals surface area contributed by atoms with Crippen molar-refractivity contribution < 1.29 is 4.84 Å². The smallest absolute Gasteiger partial charge is 0.0572 e. The predicted octanol–water partition coefficient (Wildman–Crippen LogP) is -0.957. The Labute approximate surface area is 67.9 Å². The molecule has 4 nitrogen and oxygen atoms in total. The number of hydroxylamine groups is 1. The van der Waals surface area contributed by atoms with Gasteiger partial charge in [-0.05, 0) is 0 Å². The van der Waals surface area contributed by atoms with E-state index in [2.05, 4.69) is 15.7 Å². The number of hydrogen-bond donors (Lipinski definition) is 2. The monoisotopic (exact) mass is 159 g/mol. The molecule has 2 N–H and O–H groups in total. The van der Waals surface area contributed by atoms with Crippen LogP contribution in [0.4, 0.5) is 0 Å². The molecule has 0 saturated carbocycles. The van der Waals surface area contributed by atoms with Gasteiger partial charge in [0.1, 0.15) is 0 Å². The number of nitrogens with zero attached hydrogens (tertiary/aromatic N) is 1. The van der Waals surface area contributed by atoms with Crippen molar-refractivity contribution >= 4 is 0 Å². The van der Waals surface area contributed by atoms with Crippen molar-refractivity contribution in [3.05, 3.63) is 0 Å². The first kappa shape index (κ1) is 8.93. The van der Waals surface area contributed by atoms with E-state index in [1.165, 1.54) is 0 Å². The van der Waals surface area contributed by atoms with Crippen molar-refractivity contribution in [2.24, 2.45) is 0 Å². The summed E-state index contributed by atoms with van der Waals surface area (Å²) in [4.78, 5) is 7.16. The van der Waals surface area contributed by atoms with Gasteiger partial charge in [0.15, 0.2) is 0 Å². The minimum absolute atomic E-state index is 0.913. The molecule has 0 atom stereocenters. The van der Waals surface area contributed by atoms with Gasteiger partial charge in [-0.3, -0.25) is 4.90 Å². The van der Waals surface area contributed by atoms with E-state index in [1.807, 2.05) is 0 Å². The van der Waals surface area contributed by atoms with Crippen LogP contribution >= 0.6 is 0 Å². The molecule has 0 aliphatic carbocycles. The summed E-state index contributed by atoms with van der Waals surface area (Å²) in [6.07, 6.45) is 0. The lowest BCUT2D eigenvalue weighted by atomic mass is 10.3. The van der Waals surface area contributed by atoms with Crippen LogP contribution in [0.25, 0.3) is 0 Å². The molecule has 1 fully saturated rings. The lowest BCUT2D eigenvalue weighted by Gasteiger charge is -2.26. The van der Waals surface area contributed by atoms with Gasteiger partial charge in [0.05, 0.1) is 7.11 Å². The van der Waals surface area contributed by atoms with Crippen LogP contribution < -0.4 is 10.8 Å². The summed E-state index contributed by atoms with van der Waals surface area (Å²) in [6.45, 7) is 6.54. The van der Waals surface area contributed by atoms with Crippen molar-refractivity contribution in [2.75, 3.05) is 46.4 Å². The average Bonchev–Trinajstić information content (AvgIpc) is 2.07. The normalized spacial score (nSPS) is 20.5. The summed E-state index contributed by atoms with van der Waals surface area (Å²) in [5.74, 6) is 0. The summed E-state index contributed by atoms with van der Waals surface area (Å²) in [6, 6.07) is 0. The van der Waals surface area contributed by atoms with Crippen LogP contribution in [0, 0.1) is 0 Å². The second-order valence-corrected chi connectivity index (χ2v) is 2.69. The molecule has 0 aromatic carbocycles. The van der Waals surface area contributed by atoms with Gasteiger partial charge >= 0.3 is 0 Å². The highest BCUT2D eigenvalue weighted by Gasteiger charge is 2.07. The lowest BCUT2D eigenvalue weighted by Crippen LogP contribution is -2.45. The highest BCUT2D eigenvalue weighted by atomic mass is 16.6. The van der Waals surface area contributed by atoms with E-state index in [1.54, 1.807) is 7.11 Å². The Morgan fingerprint density at radius 2 is 2.18 bits per heavy atom. The minimum atomic E-state index is 0.913. The van der Waals surface area contributed by atoms with Crippen LogP contribution in [0.15, 0.2) is 0 Å². The van der Waals surface area contributed by atoms with E-state index in [-0.39, 0.29) is 0 Å². The number of hydrogen-bond acceptors (Lipinski definition) is 4. The van der Waals surface area contributed by atoms with Gasteiger partial charge in [-0.2, -0.15) is 0 Å². The van der Waals surface area contributed by atoms with Gasteiger partial charge < -0.3 is 10.2 Å². The van der Waals surface area contributed by atoms with Crippen LogP contribution in [-0.4, -0.2) is 51.3 Å². The van der Waals surface area contributed by atoms with Crippen LogP contribution in [0.3, 0.4) is 0 Å². The number of piperazine rings is 1. The SMILES string of the molecule is CONCCN1CCNCC1. The van der Waals surface area contributed by atoms with Crippen molar-refractivity contribution in [1.29, 1.82) is 0 Å². The highest BCUT2D eigenvalue weighted by Crippen LogP contribution is 1.89. The van der Waals surface area contributed by atoms with E-state index in [0.29, 0.717) is 0 Å². The first-order valence-electron chi connectivity index (χ1n) is 4.12. The fourth-order valence-corrected chi connectivity index (χ4v) is 1.24. The summed E-state index contributed by atoms with van der Waals surface area (Å²) in [5, 5.41) is 3.31. The number of nitrogens with one attached hydrogen (secondary N) is 2. The molecule has 0 amide bonds. The maximum atomic E-state index is 4.74. The molecule has 11 heavy (non-hydrogen) atoms. The van der Waals surface area contributed by atoms with E-state index in [0.717, 1.165) is 39.3 Å². The van der Waals surface area contributed by atoms with Crippen molar-refractivity contribution in [2.45, 2.75) is 0 Å². The zero-order chi connectivity index (χ0) is 7.94. The molecule has 0 radical (unpaired) electrons. The third-order valence-electron chi connectivity index (χ3n) is 1.88. The Balaban J connectivity index is 1.96. The molecule has 0 spiro atoms. The molecule has 4 heteroatoms. The van der Waals surface area contributed by atoms with E-state index >= 15 is 0 Å².